The third-order valence-electron chi connectivity index (χ3n) is 6.81. The molecule has 0 N–H and O–H groups in total. The van der Waals surface area contributed by atoms with Gasteiger partial charge in [0.1, 0.15) is 11.9 Å². The number of aromatic nitrogens is 3. The summed E-state index contributed by atoms with van der Waals surface area (Å²) in [4.78, 5) is 61.3. The summed E-state index contributed by atoms with van der Waals surface area (Å²) in [5.74, 6) is 0.214. The maximum Gasteiger partial charge on any atom is 0.332 e. The first kappa shape index (κ1) is 20.7. The van der Waals surface area contributed by atoms with Crippen LogP contribution in [0.2, 0.25) is 0 Å². The normalized spacial score (nSPS) is 19.1. The molecule has 4 heterocycles. The van der Waals surface area contributed by atoms with Gasteiger partial charge in [0, 0.05) is 58.4 Å². The fourth-order valence-corrected chi connectivity index (χ4v) is 4.75. The van der Waals surface area contributed by atoms with Crippen molar-refractivity contribution in [1.82, 2.24) is 23.9 Å². The Morgan fingerprint density at radius 1 is 1.00 bits per heavy atom. The van der Waals surface area contributed by atoms with E-state index in [1.54, 1.807) is 24.2 Å². The van der Waals surface area contributed by atoms with Gasteiger partial charge >= 0.3 is 5.69 Å². The summed E-state index contributed by atoms with van der Waals surface area (Å²) in [5.41, 5.74) is -0.0369. The minimum absolute atomic E-state index is 0.193. The van der Waals surface area contributed by atoms with E-state index in [0.29, 0.717) is 56.0 Å². The van der Waals surface area contributed by atoms with E-state index in [-0.39, 0.29) is 24.3 Å². The van der Waals surface area contributed by atoms with Crippen LogP contribution in [0.15, 0.2) is 21.9 Å². The molecule has 32 heavy (non-hydrogen) atoms. The highest BCUT2D eigenvalue weighted by Gasteiger charge is 2.35. The maximum atomic E-state index is 13.4. The standard InChI is InChI=1S/C22H28N6O4/c1-24-19-18(21(31)28(22(24)32)14-17(29)26-8-2-3-9-26)16(6-7-23-19)25-10-12-27(13-11-25)20(30)15-4-5-15/h6-7,15H,2-5,8-14H2,1H3. The number of nitrogens with zero attached hydrogens (tertiary/aromatic N) is 6. The average Bonchev–Trinajstić information content (AvgIpc) is 3.52. The Balaban J connectivity index is 1.48. The van der Waals surface area contributed by atoms with Crippen molar-refractivity contribution < 1.29 is 9.59 Å². The van der Waals surface area contributed by atoms with Crippen molar-refractivity contribution in [3.8, 4) is 0 Å². The Morgan fingerprint density at radius 2 is 1.69 bits per heavy atom. The number of hydrogen-bond acceptors (Lipinski definition) is 6. The van der Waals surface area contributed by atoms with E-state index in [2.05, 4.69) is 9.88 Å². The van der Waals surface area contributed by atoms with Crippen molar-refractivity contribution in [3.05, 3.63) is 33.1 Å². The quantitative estimate of drug-likeness (QED) is 0.652. The van der Waals surface area contributed by atoms with E-state index in [1.807, 2.05) is 4.90 Å². The fourth-order valence-electron chi connectivity index (χ4n) is 4.75. The molecule has 170 valence electrons. The van der Waals surface area contributed by atoms with Gasteiger partial charge in [-0.1, -0.05) is 0 Å². The summed E-state index contributed by atoms with van der Waals surface area (Å²) in [6.45, 7) is 3.48. The van der Waals surface area contributed by atoms with Gasteiger partial charge < -0.3 is 14.7 Å². The number of pyridine rings is 1. The van der Waals surface area contributed by atoms with Crippen LogP contribution in [-0.2, 0) is 23.2 Å². The molecule has 3 aliphatic rings. The van der Waals surface area contributed by atoms with E-state index >= 15 is 0 Å². The summed E-state index contributed by atoms with van der Waals surface area (Å²) < 4.78 is 2.37. The number of aryl methyl sites for hydroxylation is 1. The fraction of sp³-hybridized carbons (Fsp3) is 0.591. The number of rotatable bonds is 4. The number of piperazine rings is 1. The molecule has 1 saturated carbocycles. The van der Waals surface area contributed by atoms with Gasteiger partial charge in [-0.25, -0.2) is 9.78 Å². The molecular formula is C22H28N6O4. The molecule has 10 nitrogen and oxygen atoms in total. The predicted molar refractivity (Wildman–Crippen MR) is 119 cm³/mol. The Labute approximate surface area is 185 Å². The van der Waals surface area contributed by atoms with Crippen molar-refractivity contribution in [2.24, 2.45) is 13.0 Å². The van der Waals surface area contributed by atoms with Gasteiger partial charge in [-0.2, -0.15) is 0 Å². The number of fused-ring (bicyclic) bond motifs is 1. The monoisotopic (exact) mass is 440 g/mol. The van der Waals surface area contributed by atoms with E-state index in [1.165, 1.54) is 4.57 Å². The summed E-state index contributed by atoms with van der Waals surface area (Å²) in [7, 11) is 1.57. The van der Waals surface area contributed by atoms with Crippen LogP contribution >= 0.6 is 0 Å². The molecule has 0 unspecified atom stereocenters. The van der Waals surface area contributed by atoms with Crippen LogP contribution in [0, 0.1) is 5.92 Å². The van der Waals surface area contributed by atoms with Crippen molar-refractivity contribution in [2.75, 3.05) is 44.2 Å². The number of anilines is 1. The summed E-state index contributed by atoms with van der Waals surface area (Å²) in [6, 6.07) is 1.78. The van der Waals surface area contributed by atoms with Crippen LogP contribution in [0.4, 0.5) is 5.69 Å². The molecule has 1 aliphatic carbocycles. The van der Waals surface area contributed by atoms with Crippen LogP contribution in [0.5, 0.6) is 0 Å². The average molecular weight is 441 g/mol. The molecule has 2 aromatic rings. The molecule has 3 fully saturated rings. The van der Waals surface area contributed by atoms with Crippen LogP contribution in [0.25, 0.3) is 11.0 Å². The topological polar surface area (TPSA) is 101 Å². The largest absolute Gasteiger partial charge is 0.367 e. The van der Waals surface area contributed by atoms with Gasteiger partial charge in [0.25, 0.3) is 5.56 Å². The number of likely N-dealkylation sites (tertiary alicyclic amines) is 1. The minimum Gasteiger partial charge on any atom is -0.367 e. The number of hydrogen-bond donors (Lipinski definition) is 0. The lowest BCUT2D eigenvalue weighted by molar-refractivity contribution is -0.133. The summed E-state index contributed by atoms with van der Waals surface area (Å²) >= 11 is 0. The maximum absolute atomic E-state index is 13.4. The van der Waals surface area contributed by atoms with Gasteiger partial charge in [0.05, 0.1) is 5.69 Å². The zero-order valence-corrected chi connectivity index (χ0v) is 18.3. The third kappa shape index (κ3) is 3.57. The van der Waals surface area contributed by atoms with Crippen LogP contribution in [0.1, 0.15) is 25.7 Å². The molecular weight excluding hydrogens is 412 g/mol. The Bertz CT molecular complexity index is 1180. The highest BCUT2D eigenvalue weighted by Crippen LogP contribution is 2.32. The van der Waals surface area contributed by atoms with Crippen molar-refractivity contribution in [2.45, 2.75) is 32.2 Å². The molecule has 2 amide bonds. The molecule has 0 spiro atoms. The second kappa shape index (κ2) is 8.07. The molecule has 2 aromatic heterocycles. The Hall–Kier alpha value is -3.17. The lowest BCUT2D eigenvalue weighted by Crippen LogP contribution is -2.50. The van der Waals surface area contributed by atoms with Crippen LogP contribution < -0.4 is 16.1 Å². The van der Waals surface area contributed by atoms with E-state index in [0.717, 1.165) is 30.3 Å². The van der Waals surface area contributed by atoms with E-state index in [9.17, 15) is 19.2 Å². The first-order chi connectivity index (χ1) is 15.5. The minimum atomic E-state index is -0.542. The second-order valence-corrected chi connectivity index (χ2v) is 8.94. The SMILES string of the molecule is Cn1c(=O)n(CC(=O)N2CCCC2)c(=O)c2c(N3CCN(C(=O)C4CC4)CC3)ccnc21. The zero-order valence-electron chi connectivity index (χ0n) is 18.3. The highest BCUT2D eigenvalue weighted by atomic mass is 16.2. The van der Waals surface area contributed by atoms with Crippen LogP contribution in [0.3, 0.4) is 0 Å². The van der Waals surface area contributed by atoms with Crippen molar-refractivity contribution in [3.63, 3.8) is 0 Å². The van der Waals surface area contributed by atoms with Crippen molar-refractivity contribution >= 4 is 28.5 Å². The molecule has 0 atom stereocenters. The molecule has 2 saturated heterocycles. The van der Waals surface area contributed by atoms with Gasteiger partial charge in [0.2, 0.25) is 11.8 Å². The van der Waals surface area contributed by atoms with Gasteiger partial charge in [-0.15, -0.1) is 0 Å². The lowest BCUT2D eigenvalue weighted by atomic mass is 10.2. The van der Waals surface area contributed by atoms with E-state index < -0.39 is 11.2 Å². The molecule has 0 bridgehead atoms. The Morgan fingerprint density at radius 3 is 2.34 bits per heavy atom. The first-order valence-corrected chi connectivity index (χ1v) is 11.4. The molecule has 10 heteroatoms. The highest BCUT2D eigenvalue weighted by molar-refractivity contribution is 5.89. The first-order valence-electron chi connectivity index (χ1n) is 11.4. The van der Waals surface area contributed by atoms with Gasteiger partial charge in [0.15, 0.2) is 5.65 Å². The lowest BCUT2D eigenvalue weighted by Gasteiger charge is -2.36. The third-order valence-corrected chi connectivity index (χ3v) is 6.81. The molecule has 5 rings (SSSR count). The molecule has 2 aliphatic heterocycles. The molecule has 0 radical (unpaired) electrons. The van der Waals surface area contributed by atoms with Gasteiger partial charge in [-0.05, 0) is 31.7 Å². The van der Waals surface area contributed by atoms with Crippen molar-refractivity contribution in [1.29, 1.82) is 0 Å². The number of amides is 2. The number of carbonyl (C=O) groups excluding carboxylic acids is 2. The Kier molecular flexibility index (Phi) is 5.22. The summed E-state index contributed by atoms with van der Waals surface area (Å²) in [6.07, 6.45) is 5.45. The molecule has 0 aromatic carbocycles. The second-order valence-electron chi connectivity index (χ2n) is 8.94. The smallest absolute Gasteiger partial charge is 0.332 e. The van der Waals surface area contributed by atoms with Crippen LogP contribution in [-0.4, -0.2) is 75.0 Å². The predicted octanol–water partition coefficient (Wildman–Crippen LogP) is -0.224. The van der Waals surface area contributed by atoms with Gasteiger partial charge in [-0.3, -0.25) is 23.5 Å². The number of carbonyl (C=O) groups is 2. The summed E-state index contributed by atoms with van der Waals surface area (Å²) in [5, 5.41) is 0.339. The zero-order chi connectivity index (χ0) is 22.4. The van der Waals surface area contributed by atoms with E-state index in [4.69, 9.17) is 0 Å².